The molecule has 2 unspecified atom stereocenters. The zero-order valence-corrected chi connectivity index (χ0v) is 14.8. The van der Waals surface area contributed by atoms with Crippen molar-refractivity contribution in [2.24, 2.45) is 5.92 Å². The van der Waals surface area contributed by atoms with E-state index in [9.17, 15) is 9.90 Å². The van der Waals surface area contributed by atoms with E-state index in [1.807, 2.05) is 19.1 Å². The second-order valence-electron chi connectivity index (χ2n) is 7.05. The zero-order chi connectivity index (χ0) is 17.1. The molecule has 2 atom stereocenters. The van der Waals surface area contributed by atoms with Crippen LogP contribution in [0.25, 0.3) is 0 Å². The highest BCUT2D eigenvalue weighted by molar-refractivity contribution is 5.94. The van der Waals surface area contributed by atoms with E-state index in [2.05, 4.69) is 28.9 Å². The van der Waals surface area contributed by atoms with E-state index in [4.69, 9.17) is 0 Å². The van der Waals surface area contributed by atoms with Gasteiger partial charge in [0, 0.05) is 50.5 Å². The van der Waals surface area contributed by atoms with Crippen molar-refractivity contribution < 1.29 is 9.90 Å². The van der Waals surface area contributed by atoms with E-state index >= 15 is 0 Å². The molecule has 5 nitrogen and oxygen atoms in total. The average Bonchev–Trinajstić information content (AvgIpc) is 2.63. The highest BCUT2D eigenvalue weighted by Crippen LogP contribution is 2.21. The maximum Gasteiger partial charge on any atom is 0.253 e. The van der Waals surface area contributed by atoms with Crippen LogP contribution in [0.2, 0.25) is 0 Å². The molecule has 5 heteroatoms. The molecular formula is C19H29N3O2. The molecule has 2 aliphatic heterocycles. The van der Waals surface area contributed by atoms with Gasteiger partial charge in [0.2, 0.25) is 0 Å². The maximum atomic E-state index is 12.6. The van der Waals surface area contributed by atoms with Crippen LogP contribution in [0.4, 0.5) is 5.69 Å². The monoisotopic (exact) mass is 331 g/mol. The van der Waals surface area contributed by atoms with E-state index in [-0.39, 0.29) is 11.8 Å². The van der Waals surface area contributed by atoms with Gasteiger partial charge in [-0.1, -0.05) is 13.8 Å². The molecule has 1 amide bonds. The number of amides is 1. The summed E-state index contributed by atoms with van der Waals surface area (Å²) in [5.74, 6) is 0.307. The van der Waals surface area contributed by atoms with Crippen LogP contribution in [0.15, 0.2) is 24.3 Å². The van der Waals surface area contributed by atoms with Gasteiger partial charge in [0.05, 0.1) is 6.10 Å². The van der Waals surface area contributed by atoms with Gasteiger partial charge in [-0.15, -0.1) is 0 Å². The molecule has 24 heavy (non-hydrogen) atoms. The summed E-state index contributed by atoms with van der Waals surface area (Å²) in [7, 11) is 0. The van der Waals surface area contributed by atoms with Crippen LogP contribution in [0.5, 0.6) is 0 Å². The molecule has 0 spiro atoms. The third-order valence-electron chi connectivity index (χ3n) is 5.50. The molecule has 3 rings (SSSR count). The number of β-amino-alcohol motifs (C(OH)–C–C–N with tert-alkyl or cyclic N) is 1. The normalized spacial score (nSPS) is 25.8. The van der Waals surface area contributed by atoms with Gasteiger partial charge in [0.15, 0.2) is 0 Å². The Labute approximate surface area is 144 Å². The standard InChI is InChI=1S/C19H29N3O2/c1-3-20-10-12-21(13-11-20)17-6-4-16(5-7-17)19(24)22-9-8-15(2)18(23)14-22/h4-7,15,18,23H,3,8-14H2,1-2H3. The number of rotatable bonds is 3. The molecule has 2 saturated heterocycles. The second kappa shape index (κ2) is 7.53. The largest absolute Gasteiger partial charge is 0.391 e. The number of piperazine rings is 1. The molecule has 2 fully saturated rings. The molecule has 0 bridgehead atoms. The third kappa shape index (κ3) is 3.73. The van der Waals surface area contributed by atoms with Gasteiger partial charge in [0.25, 0.3) is 5.91 Å². The molecule has 0 saturated carbocycles. The summed E-state index contributed by atoms with van der Waals surface area (Å²) in [6.45, 7) is 10.8. The molecule has 0 radical (unpaired) electrons. The third-order valence-corrected chi connectivity index (χ3v) is 5.50. The van der Waals surface area contributed by atoms with Crippen LogP contribution in [-0.2, 0) is 0 Å². The summed E-state index contributed by atoms with van der Waals surface area (Å²) < 4.78 is 0. The van der Waals surface area contributed by atoms with Crippen molar-refractivity contribution in [1.29, 1.82) is 0 Å². The van der Waals surface area contributed by atoms with E-state index in [1.165, 1.54) is 5.69 Å². The first-order valence-corrected chi connectivity index (χ1v) is 9.13. The van der Waals surface area contributed by atoms with Crippen molar-refractivity contribution >= 4 is 11.6 Å². The number of carbonyl (C=O) groups is 1. The number of anilines is 1. The number of piperidine rings is 1. The Balaban J connectivity index is 1.61. The number of hydrogen-bond acceptors (Lipinski definition) is 4. The summed E-state index contributed by atoms with van der Waals surface area (Å²) in [4.78, 5) is 19.2. The number of benzene rings is 1. The average molecular weight is 331 g/mol. The van der Waals surface area contributed by atoms with E-state index < -0.39 is 6.10 Å². The summed E-state index contributed by atoms with van der Waals surface area (Å²) in [5.41, 5.74) is 1.90. The van der Waals surface area contributed by atoms with Gasteiger partial charge < -0.3 is 19.8 Å². The second-order valence-corrected chi connectivity index (χ2v) is 7.05. The summed E-state index contributed by atoms with van der Waals surface area (Å²) in [6, 6.07) is 7.96. The topological polar surface area (TPSA) is 47.0 Å². The molecule has 1 aromatic rings. The lowest BCUT2D eigenvalue weighted by atomic mass is 9.95. The summed E-state index contributed by atoms with van der Waals surface area (Å²) >= 11 is 0. The smallest absolute Gasteiger partial charge is 0.253 e. The molecule has 0 aromatic heterocycles. The molecule has 2 aliphatic rings. The number of hydrogen-bond donors (Lipinski definition) is 1. The van der Waals surface area contributed by atoms with Crippen LogP contribution < -0.4 is 4.90 Å². The van der Waals surface area contributed by atoms with Crippen LogP contribution in [0, 0.1) is 5.92 Å². The van der Waals surface area contributed by atoms with Crippen LogP contribution in [0.1, 0.15) is 30.6 Å². The van der Waals surface area contributed by atoms with Crippen LogP contribution >= 0.6 is 0 Å². The first-order valence-electron chi connectivity index (χ1n) is 9.13. The Bertz CT molecular complexity index is 552. The number of likely N-dealkylation sites (N-methyl/N-ethyl adjacent to an activating group) is 1. The van der Waals surface area contributed by atoms with Crippen molar-refractivity contribution in [3.63, 3.8) is 0 Å². The van der Waals surface area contributed by atoms with Crippen LogP contribution in [-0.4, -0.2) is 72.7 Å². The highest BCUT2D eigenvalue weighted by Gasteiger charge is 2.28. The minimum Gasteiger partial charge on any atom is -0.391 e. The summed E-state index contributed by atoms with van der Waals surface area (Å²) in [6.07, 6.45) is 0.462. The van der Waals surface area contributed by atoms with Gasteiger partial charge in [0.1, 0.15) is 0 Å². The molecule has 0 aliphatic carbocycles. The maximum absolute atomic E-state index is 12.6. The van der Waals surface area contributed by atoms with Crippen molar-refractivity contribution in [2.45, 2.75) is 26.4 Å². The Kier molecular flexibility index (Phi) is 5.41. The quantitative estimate of drug-likeness (QED) is 0.915. The fourth-order valence-corrected chi connectivity index (χ4v) is 3.55. The first-order chi connectivity index (χ1) is 11.6. The SMILES string of the molecule is CCN1CCN(c2ccc(C(=O)N3CCC(C)C(O)C3)cc2)CC1. The minimum absolute atomic E-state index is 0.0308. The van der Waals surface area contributed by atoms with Crippen molar-refractivity contribution in [1.82, 2.24) is 9.80 Å². The Hall–Kier alpha value is -1.59. The van der Waals surface area contributed by atoms with E-state index in [0.29, 0.717) is 12.1 Å². The lowest BCUT2D eigenvalue weighted by Crippen LogP contribution is -2.46. The Morgan fingerprint density at radius 2 is 1.79 bits per heavy atom. The zero-order valence-electron chi connectivity index (χ0n) is 14.8. The van der Waals surface area contributed by atoms with Crippen LogP contribution in [0.3, 0.4) is 0 Å². The predicted octanol–water partition coefficient (Wildman–Crippen LogP) is 1.67. The number of aliphatic hydroxyl groups is 1. The minimum atomic E-state index is -0.406. The van der Waals surface area contributed by atoms with Gasteiger partial charge in [-0.05, 0) is 43.1 Å². The lowest BCUT2D eigenvalue weighted by molar-refractivity contribution is 0.0248. The molecule has 1 N–H and O–H groups in total. The van der Waals surface area contributed by atoms with Crippen molar-refractivity contribution in [3.05, 3.63) is 29.8 Å². The number of carbonyl (C=O) groups excluding carboxylic acids is 1. The first kappa shape index (κ1) is 17.2. The van der Waals surface area contributed by atoms with Gasteiger partial charge in [-0.25, -0.2) is 0 Å². The predicted molar refractivity (Wildman–Crippen MR) is 96.5 cm³/mol. The Morgan fingerprint density at radius 3 is 2.38 bits per heavy atom. The summed E-state index contributed by atoms with van der Waals surface area (Å²) in [5, 5.41) is 10.00. The van der Waals surface area contributed by atoms with E-state index in [1.54, 1.807) is 4.90 Å². The lowest BCUT2D eigenvalue weighted by Gasteiger charge is -2.36. The number of aliphatic hydroxyl groups excluding tert-OH is 1. The molecule has 1 aromatic carbocycles. The van der Waals surface area contributed by atoms with Crippen molar-refractivity contribution in [3.8, 4) is 0 Å². The number of nitrogens with zero attached hydrogens (tertiary/aromatic N) is 3. The van der Waals surface area contributed by atoms with Gasteiger partial charge >= 0.3 is 0 Å². The fraction of sp³-hybridized carbons (Fsp3) is 0.632. The molecule has 2 heterocycles. The van der Waals surface area contributed by atoms with Gasteiger partial charge in [-0.2, -0.15) is 0 Å². The highest BCUT2D eigenvalue weighted by atomic mass is 16.3. The van der Waals surface area contributed by atoms with E-state index in [0.717, 1.165) is 45.7 Å². The van der Waals surface area contributed by atoms with Crippen molar-refractivity contribution in [2.75, 3.05) is 50.7 Å². The fourth-order valence-electron chi connectivity index (χ4n) is 3.55. The molecular weight excluding hydrogens is 302 g/mol. The van der Waals surface area contributed by atoms with Gasteiger partial charge in [-0.3, -0.25) is 4.79 Å². The Morgan fingerprint density at radius 1 is 1.12 bits per heavy atom. The number of likely N-dealkylation sites (tertiary alicyclic amines) is 1. The molecule has 132 valence electrons.